The Labute approximate surface area is 109 Å². The zero-order chi connectivity index (χ0) is 13.0. The molecule has 0 radical (unpaired) electrons. The van der Waals surface area contributed by atoms with E-state index in [2.05, 4.69) is 4.90 Å². The number of hydrogen-bond donors (Lipinski definition) is 0. The maximum atomic E-state index is 11.4. The molecular formula is C14H23NO3. The molecule has 1 aliphatic heterocycles. The quantitative estimate of drug-likeness (QED) is 0.719. The number of ether oxygens (including phenoxy) is 1. The van der Waals surface area contributed by atoms with Gasteiger partial charge in [-0.1, -0.05) is 0 Å². The van der Waals surface area contributed by atoms with Crippen molar-refractivity contribution in [1.82, 2.24) is 4.90 Å². The van der Waals surface area contributed by atoms with E-state index in [9.17, 15) is 9.59 Å². The number of Topliss-reactive ketones (excluding diaryl/α,β-unsaturated/α-hetero) is 1. The molecule has 1 heterocycles. The minimum Gasteiger partial charge on any atom is -0.465 e. The fourth-order valence-electron chi connectivity index (χ4n) is 3.13. The lowest BCUT2D eigenvalue weighted by atomic mass is 9.68. The van der Waals surface area contributed by atoms with Crippen LogP contribution in [0.2, 0.25) is 0 Å². The maximum Gasteiger partial charge on any atom is 0.320 e. The Hall–Kier alpha value is -0.900. The summed E-state index contributed by atoms with van der Waals surface area (Å²) in [5.74, 6) is 0.307. The SMILES string of the molecule is CCOC(=O)CN1CCC2(CCC(=O)CC2)CC1. The van der Waals surface area contributed by atoms with E-state index >= 15 is 0 Å². The number of piperidine rings is 1. The van der Waals surface area contributed by atoms with Crippen LogP contribution in [0.5, 0.6) is 0 Å². The molecule has 0 bridgehead atoms. The topological polar surface area (TPSA) is 46.6 Å². The van der Waals surface area contributed by atoms with Crippen LogP contribution in [0.25, 0.3) is 0 Å². The van der Waals surface area contributed by atoms with Crippen molar-refractivity contribution in [3.05, 3.63) is 0 Å². The molecule has 2 rings (SSSR count). The minimum atomic E-state index is -0.118. The van der Waals surface area contributed by atoms with Gasteiger partial charge in [-0.25, -0.2) is 0 Å². The fourth-order valence-corrected chi connectivity index (χ4v) is 3.13. The van der Waals surface area contributed by atoms with Crippen LogP contribution in [0.1, 0.15) is 45.4 Å². The summed E-state index contributed by atoms with van der Waals surface area (Å²) < 4.78 is 4.97. The lowest BCUT2D eigenvalue weighted by molar-refractivity contribution is -0.145. The molecule has 0 aromatic carbocycles. The number of carbonyl (C=O) groups is 2. The van der Waals surface area contributed by atoms with Gasteiger partial charge in [0.25, 0.3) is 0 Å². The Bertz CT molecular complexity index is 307. The predicted molar refractivity (Wildman–Crippen MR) is 68.2 cm³/mol. The van der Waals surface area contributed by atoms with Gasteiger partial charge in [0.1, 0.15) is 5.78 Å². The van der Waals surface area contributed by atoms with Crippen LogP contribution in [0.15, 0.2) is 0 Å². The van der Waals surface area contributed by atoms with Gasteiger partial charge in [0.15, 0.2) is 0 Å². The summed E-state index contributed by atoms with van der Waals surface area (Å²) in [6, 6.07) is 0. The summed E-state index contributed by atoms with van der Waals surface area (Å²) in [6.07, 6.45) is 5.88. The van der Waals surface area contributed by atoms with Gasteiger partial charge in [0.05, 0.1) is 13.2 Å². The first-order valence-electron chi connectivity index (χ1n) is 7.03. The van der Waals surface area contributed by atoms with Gasteiger partial charge in [0, 0.05) is 12.8 Å². The number of esters is 1. The van der Waals surface area contributed by atoms with E-state index < -0.39 is 0 Å². The Morgan fingerprint density at radius 2 is 1.83 bits per heavy atom. The molecule has 18 heavy (non-hydrogen) atoms. The van der Waals surface area contributed by atoms with Crippen LogP contribution in [0.3, 0.4) is 0 Å². The van der Waals surface area contributed by atoms with Crippen LogP contribution in [-0.2, 0) is 14.3 Å². The van der Waals surface area contributed by atoms with E-state index in [1.54, 1.807) is 0 Å². The van der Waals surface area contributed by atoms with Crippen LogP contribution in [0.4, 0.5) is 0 Å². The molecule has 4 heteroatoms. The molecule has 1 saturated heterocycles. The first-order valence-corrected chi connectivity index (χ1v) is 7.03. The molecule has 1 aliphatic carbocycles. The largest absolute Gasteiger partial charge is 0.465 e. The summed E-state index contributed by atoms with van der Waals surface area (Å²) in [6.45, 7) is 4.64. The van der Waals surface area contributed by atoms with Crippen molar-refractivity contribution in [3.63, 3.8) is 0 Å². The zero-order valence-electron chi connectivity index (χ0n) is 11.2. The van der Waals surface area contributed by atoms with Crippen molar-refractivity contribution < 1.29 is 14.3 Å². The Morgan fingerprint density at radius 3 is 2.39 bits per heavy atom. The number of likely N-dealkylation sites (tertiary alicyclic amines) is 1. The molecule has 0 aromatic heterocycles. The first kappa shape index (κ1) is 13.5. The lowest BCUT2D eigenvalue weighted by Crippen LogP contribution is -2.44. The second kappa shape index (κ2) is 5.83. The van der Waals surface area contributed by atoms with Crippen molar-refractivity contribution in [2.45, 2.75) is 45.4 Å². The third-order valence-corrected chi connectivity index (χ3v) is 4.44. The van der Waals surface area contributed by atoms with Gasteiger partial charge < -0.3 is 4.74 Å². The molecule has 1 saturated carbocycles. The standard InChI is InChI=1S/C14H23NO3/c1-2-18-13(17)11-15-9-7-14(8-10-15)5-3-12(16)4-6-14/h2-11H2,1H3. The van der Waals surface area contributed by atoms with E-state index in [1.165, 1.54) is 0 Å². The van der Waals surface area contributed by atoms with Gasteiger partial charge in [-0.2, -0.15) is 0 Å². The van der Waals surface area contributed by atoms with E-state index in [4.69, 9.17) is 4.74 Å². The van der Waals surface area contributed by atoms with Gasteiger partial charge in [-0.15, -0.1) is 0 Å². The van der Waals surface area contributed by atoms with Gasteiger partial charge >= 0.3 is 5.97 Å². The number of nitrogens with zero attached hydrogens (tertiary/aromatic N) is 1. The van der Waals surface area contributed by atoms with Gasteiger partial charge in [-0.05, 0) is 51.1 Å². The summed E-state index contributed by atoms with van der Waals surface area (Å²) in [5, 5.41) is 0. The average molecular weight is 253 g/mol. The summed E-state index contributed by atoms with van der Waals surface area (Å²) in [7, 11) is 0. The molecule has 1 spiro atoms. The third-order valence-electron chi connectivity index (χ3n) is 4.44. The molecule has 0 unspecified atom stereocenters. The number of carbonyl (C=O) groups excluding carboxylic acids is 2. The van der Waals surface area contributed by atoms with E-state index in [0.717, 1.165) is 51.6 Å². The smallest absolute Gasteiger partial charge is 0.320 e. The Morgan fingerprint density at radius 1 is 1.22 bits per heavy atom. The molecule has 0 aromatic rings. The summed E-state index contributed by atoms with van der Waals surface area (Å²) in [4.78, 5) is 24.9. The number of ketones is 1. The molecule has 0 atom stereocenters. The highest BCUT2D eigenvalue weighted by molar-refractivity contribution is 5.79. The number of hydrogen-bond acceptors (Lipinski definition) is 4. The fraction of sp³-hybridized carbons (Fsp3) is 0.857. The monoisotopic (exact) mass is 253 g/mol. The van der Waals surface area contributed by atoms with E-state index in [1.807, 2.05) is 6.92 Å². The Kier molecular flexibility index (Phi) is 4.38. The Balaban J connectivity index is 1.77. The summed E-state index contributed by atoms with van der Waals surface area (Å²) in [5.41, 5.74) is 0.388. The zero-order valence-corrected chi connectivity index (χ0v) is 11.2. The van der Waals surface area contributed by atoms with Crippen molar-refractivity contribution in [2.75, 3.05) is 26.2 Å². The van der Waals surface area contributed by atoms with Crippen LogP contribution in [-0.4, -0.2) is 42.9 Å². The van der Waals surface area contributed by atoms with Crippen molar-refractivity contribution in [2.24, 2.45) is 5.41 Å². The van der Waals surface area contributed by atoms with Crippen molar-refractivity contribution in [3.8, 4) is 0 Å². The summed E-state index contributed by atoms with van der Waals surface area (Å²) >= 11 is 0. The van der Waals surface area contributed by atoms with Crippen LogP contribution < -0.4 is 0 Å². The molecular weight excluding hydrogens is 230 g/mol. The molecule has 4 nitrogen and oxygen atoms in total. The van der Waals surface area contributed by atoms with E-state index in [0.29, 0.717) is 24.3 Å². The van der Waals surface area contributed by atoms with Crippen LogP contribution in [0, 0.1) is 5.41 Å². The molecule has 102 valence electrons. The van der Waals surface area contributed by atoms with Gasteiger partial charge in [-0.3, -0.25) is 14.5 Å². The highest BCUT2D eigenvalue weighted by Gasteiger charge is 2.37. The molecule has 2 fully saturated rings. The van der Waals surface area contributed by atoms with Gasteiger partial charge in [0.2, 0.25) is 0 Å². The molecule has 0 N–H and O–H groups in total. The van der Waals surface area contributed by atoms with E-state index in [-0.39, 0.29) is 5.97 Å². The highest BCUT2D eigenvalue weighted by Crippen LogP contribution is 2.43. The molecule has 2 aliphatic rings. The normalized spacial score (nSPS) is 24.2. The average Bonchev–Trinajstić information content (AvgIpc) is 2.37. The van der Waals surface area contributed by atoms with Crippen LogP contribution >= 0.6 is 0 Å². The first-order chi connectivity index (χ1) is 8.63. The van der Waals surface area contributed by atoms with Crippen molar-refractivity contribution in [1.29, 1.82) is 0 Å². The highest BCUT2D eigenvalue weighted by atomic mass is 16.5. The molecule has 0 amide bonds. The lowest BCUT2D eigenvalue weighted by Gasteiger charge is -2.43. The second-order valence-electron chi connectivity index (χ2n) is 5.62. The predicted octanol–water partition coefficient (Wildman–Crippen LogP) is 1.77. The maximum absolute atomic E-state index is 11.4. The van der Waals surface area contributed by atoms with Crippen molar-refractivity contribution >= 4 is 11.8 Å². The number of rotatable bonds is 3. The second-order valence-corrected chi connectivity index (χ2v) is 5.62. The third kappa shape index (κ3) is 3.31. The minimum absolute atomic E-state index is 0.118.